The van der Waals surface area contributed by atoms with Crippen molar-refractivity contribution in [3.05, 3.63) is 89.4 Å². The molecule has 1 heterocycles. The average molecular weight is 623 g/mol. The third-order valence-corrected chi connectivity index (χ3v) is 9.42. The highest BCUT2D eigenvalue weighted by Crippen LogP contribution is 2.33. The summed E-state index contributed by atoms with van der Waals surface area (Å²) in [5.41, 5.74) is 7.02. The number of carbonyl (C=O) groups excluding carboxylic acids is 1. The first-order valence-corrected chi connectivity index (χ1v) is 15.6. The molecule has 3 aromatic carbocycles. The molecule has 1 aromatic heterocycles. The lowest BCUT2D eigenvalue weighted by atomic mass is 9.99. The molecule has 12 heteroatoms. The van der Waals surface area contributed by atoms with Gasteiger partial charge < -0.3 is 26.2 Å². The molecule has 10 nitrogen and oxygen atoms in total. The van der Waals surface area contributed by atoms with Crippen molar-refractivity contribution in [2.75, 3.05) is 17.7 Å². The van der Waals surface area contributed by atoms with Crippen LogP contribution in [0.2, 0.25) is 0 Å². The van der Waals surface area contributed by atoms with E-state index in [4.69, 9.17) is 10.5 Å². The largest absolute Gasteiger partial charge is 0.494 e. The van der Waals surface area contributed by atoms with Crippen LogP contribution in [0.25, 0.3) is 10.8 Å². The van der Waals surface area contributed by atoms with Crippen molar-refractivity contribution in [1.29, 1.82) is 0 Å². The van der Waals surface area contributed by atoms with E-state index in [0.717, 1.165) is 5.39 Å². The van der Waals surface area contributed by atoms with Gasteiger partial charge in [0.2, 0.25) is 5.91 Å². The van der Waals surface area contributed by atoms with Crippen LogP contribution in [-0.2, 0) is 19.4 Å². The molecule has 0 saturated carbocycles. The van der Waals surface area contributed by atoms with E-state index in [2.05, 4.69) is 15.6 Å². The van der Waals surface area contributed by atoms with Crippen LogP contribution in [0.3, 0.4) is 0 Å². The normalized spacial score (nSPS) is 13.0. The highest BCUT2D eigenvalue weighted by molar-refractivity contribution is 7.92. The number of hydrogen-bond donors (Lipinski definition) is 4. The number of nitrogens with two attached hydrogens (primary N) is 1. The number of nitrogen functional groups attached to an aromatic ring is 1. The lowest BCUT2D eigenvalue weighted by molar-refractivity contribution is -0.137. The molecule has 0 spiro atoms. The molecule has 0 aliphatic carbocycles. The van der Waals surface area contributed by atoms with Gasteiger partial charge in [-0.3, -0.25) is 9.59 Å². The van der Waals surface area contributed by atoms with Crippen molar-refractivity contribution in [3.8, 4) is 5.75 Å². The fourth-order valence-corrected chi connectivity index (χ4v) is 6.21. The number of carboxylic acids is 1. The first-order chi connectivity index (χ1) is 20.8. The van der Waals surface area contributed by atoms with Gasteiger partial charge in [-0.1, -0.05) is 18.2 Å². The van der Waals surface area contributed by atoms with Crippen molar-refractivity contribution in [2.45, 2.75) is 56.3 Å². The Morgan fingerprint density at radius 1 is 1.07 bits per heavy atom. The maximum atomic E-state index is 15.6. The van der Waals surface area contributed by atoms with Crippen LogP contribution in [0.15, 0.2) is 71.8 Å². The van der Waals surface area contributed by atoms with E-state index in [9.17, 15) is 23.1 Å². The molecule has 0 saturated heterocycles. The van der Waals surface area contributed by atoms with Crippen LogP contribution in [-0.4, -0.2) is 42.2 Å². The predicted molar refractivity (Wildman–Crippen MR) is 167 cm³/mol. The number of aliphatic carboxylic acids is 1. The number of carbonyl (C=O) groups is 2. The number of aromatic nitrogens is 1. The lowest BCUT2D eigenvalue weighted by Crippen LogP contribution is -2.38. The van der Waals surface area contributed by atoms with Crippen molar-refractivity contribution in [3.63, 3.8) is 0 Å². The Morgan fingerprint density at radius 3 is 2.48 bits per heavy atom. The molecule has 0 radical (unpaired) electrons. The average Bonchev–Trinajstić information content (AvgIpc) is 2.97. The number of fused-ring (bicyclic) bond motifs is 1. The Kier molecular flexibility index (Phi) is 9.73. The van der Waals surface area contributed by atoms with Gasteiger partial charge in [-0.2, -0.15) is 0 Å². The van der Waals surface area contributed by atoms with E-state index in [1.54, 1.807) is 50.4 Å². The number of ether oxygens (including phenoxy) is 1. The zero-order chi connectivity index (χ0) is 32.2. The molecule has 232 valence electrons. The molecular weight excluding hydrogens is 587 g/mol. The maximum absolute atomic E-state index is 15.6. The second-order valence-corrected chi connectivity index (χ2v) is 13.0. The number of rotatable bonds is 12. The van der Waals surface area contributed by atoms with Crippen LogP contribution in [0.4, 0.5) is 15.9 Å². The summed E-state index contributed by atoms with van der Waals surface area (Å²) < 4.78 is 47.6. The zero-order valence-corrected chi connectivity index (χ0v) is 25.6. The molecule has 4 aromatic rings. The molecule has 0 fully saturated rings. The maximum Gasteiger partial charge on any atom is 0.305 e. The topological polar surface area (TPSA) is 161 Å². The third-order valence-electron chi connectivity index (χ3n) is 7.19. The minimum atomic E-state index is -3.84. The molecule has 2 atom stereocenters. The highest BCUT2D eigenvalue weighted by Gasteiger charge is 2.32. The van der Waals surface area contributed by atoms with E-state index in [0.29, 0.717) is 34.8 Å². The summed E-state index contributed by atoms with van der Waals surface area (Å²) in [6.07, 6.45) is 0.921. The molecule has 4 rings (SSSR count). The molecule has 0 unspecified atom stereocenters. The van der Waals surface area contributed by atoms with Gasteiger partial charge in [0.05, 0.1) is 29.2 Å². The molecule has 5 N–H and O–H groups in total. The first-order valence-electron chi connectivity index (χ1n) is 14.0. The van der Waals surface area contributed by atoms with Crippen LogP contribution in [0, 0.1) is 12.7 Å². The van der Waals surface area contributed by atoms with Gasteiger partial charge in [-0.25, -0.2) is 17.8 Å². The molecule has 44 heavy (non-hydrogen) atoms. The van der Waals surface area contributed by atoms with Crippen LogP contribution >= 0.6 is 0 Å². The van der Waals surface area contributed by atoms with Crippen molar-refractivity contribution in [1.82, 2.24) is 10.3 Å². The van der Waals surface area contributed by atoms with Crippen LogP contribution in [0.1, 0.15) is 56.0 Å². The first kappa shape index (κ1) is 32.2. The van der Waals surface area contributed by atoms with Gasteiger partial charge in [0.1, 0.15) is 23.4 Å². The fraction of sp³-hybridized carbons (Fsp3) is 0.281. The molecule has 0 aliphatic rings. The summed E-state index contributed by atoms with van der Waals surface area (Å²) in [7, 11) is -3.84. The van der Waals surface area contributed by atoms with E-state index < -0.39 is 51.3 Å². The number of amides is 1. The Balaban J connectivity index is 1.82. The Morgan fingerprint density at radius 2 is 1.80 bits per heavy atom. The fourth-order valence-electron chi connectivity index (χ4n) is 4.89. The monoisotopic (exact) mass is 622 g/mol. The van der Waals surface area contributed by atoms with Crippen molar-refractivity contribution >= 4 is 44.0 Å². The minimum absolute atomic E-state index is 0.0527. The number of carboxylic acid groups (broad SMARTS) is 1. The number of nitrogens with one attached hydrogen (secondary N) is 2. The number of sulfone groups is 1. The molecule has 0 aliphatic heterocycles. The Bertz CT molecular complexity index is 1810. The number of aryl methyl sites for hydroxylation is 1. The van der Waals surface area contributed by atoms with Crippen molar-refractivity contribution in [2.24, 2.45) is 0 Å². The van der Waals surface area contributed by atoms with Crippen LogP contribution in [0.5, 0.6) is 5.75 Å². The number of pyridine rings is 1. The summed E-state index contributed by atoms with van der Waals surface area (Å²) in [5, 5.41) is 16.1. The van der Waals surface area contributed by atoms with Gasteiger partial charge in [0.15, 0.2) is 9.84 Å². The lowest BCUT2D eigenvalue weighted by Gasteiger charge is -2.26. The SMILES string of the molecule is CCOc1cc([C@@H](Nc2ccc3c(N)nccc3c2)C(=O)N[C@H](CC(=O)O)c2ccccc2S(=O)(=O)C(C)C)c(F)cc1C. The summed E-state index contributed by atoms with van der Waals surface area (Å²) in [5.74, 6) is -2.05. The molecule has 0 bridgehead atoms. The standard InChI is InChI=1S/C32H35FN4O6S/c1-5-43-27-16-24(25(33)14-19(27)4)30(36-21-10-11-22-20(15-21)12-13-35-31(22)34)32(40)37-26(17-29(38)39)23-8-6-7-9-28(23)44(41,42)18(2)3/h6-16,18,26,30,36H,5,17H2,1-4H3,(H2,34,35)(H,37,40)(H,38,39)/t26-,30-/m1/s1. The van der Waals surface area contributed by atoms with Crippen LogP contribution < -0.4 is 21.1 Å². The predicted octanol–water partition coefficient (Wildman–Crippen LogP) is 5.33. The summed E-state index contributed by atoms with van der Waals surface area (Å²) in [6.45, 7) is 6.79. The minimum Gasteiger partial charge on any atom is -0.494 e. The van der Waals surface area contributed by atoms with Gasteiger partial charge in [-0.05, 0) is 86.7 Å². The number of hydrogen-bond acceptors (Lipinski definition) is 8. The van der Waals surface area contributed by atoms with Gasteiger partial charge in [0, 0.05) is 22.8 Å². The Hall–Kier alpha value is -4.71. The molecule has 1 amide bonds. The number of anilines is 2. The van der Waals surface area contributed by atoms with E-state index in [1.807, 2.05) is 0 Å². The van der Waals surface area contributed by atoms with Gasteiger partial charge in [0.25, 0.3) is 0 Å². The second-order valence-electron chi connectivity index (χ2n) is 10.6. The summed E-state index contributed by atoms with van der Waals surface area (Å²) in [6, 6.07) is 12.8. The second kappa shape index (κ2) is 13.3. The smallest absolute Gasteiger partial charge is 0.305 e. The Labute approximate surface area is 255 Å². The zero-order valence-electron chi connectivity index (χ0n) is 24.8. The van der Waals surface area contributed by atoms with Gasteiger partial charge in [-0.15, -0.1) is 0 Å². The van der Waals surface area contributed by atoms with Gasteiger partial charge >= 0.3 is 5.97 Å². The third kappa shape index (κ3) is 6.91. The quantitative estimate of drug-likeness (QED) is 0.164. The van der Waals surface area contributed by atoms with E-state index >= 15 is 4.39 Å². The highest BCUT2D eigenvalue weighted by atomic mass is 32.2. The van der Waals surface area contributed by atoms with E-state index in [1.165, 1.54) is 44.2 Å². The summed E-state index contributed by atoms with van der Waals surface area (Å²) >= 11 is 0. The number of halogens is 1. The van der Waals surface area contributed by atoms with E-state index in [-0.39, 0.29) is 16.0 Å². The van der Waals surface area contributed by atoms with Crippen molar-refractivity contribution < 1.29 is 32.2 Å². The molecular formula is C32H35FN4O6S. The summed E-state index contributed by atoms with van der Waals surface area (Å²) in [4.78, 5) is 30.0. The number of nitrogens with zero attached hydrogens (tertiary/aromatic N) is 1. The number of benzene rings is 3.